The quantitative estimate of drug-likeness (QED) is 0.850. The fraction of sp³-hybridized carbons (Fsp3) is 0.0909. The zero-order valence-electron chi connectivity index (χ0n) is 8.31. The highest BCUT2D eigenvalue weighted by Gasteiger charge is 2.05. The van der Waals surface area contributed by atoms with Crippen molar-refractivity contribution in [3.63, 3.8) is 0 Å². The molecule has 0 saturated carbocycles. The minimum atomic E-state index is -0.468. The molecule has 0 bridgehead atoms. The van der Waals surface area contributed by atoms with Gasteiger partial charge in [-0.05, 0) is 18.2 Å². The Morgan fingerprint density at radius 2 is 2.12 bits per heavy atom. The maximum atomic E-state index is 11.6. The molecule has 0 radical (unpaired) electrons. The molecule has 4 nitrogen and oxygen atoms in total. The molecule has 2 N–H and O–H groups in total. The molecule has 1 aromatic carbocycles. The number of nitrogens with two attached hydrogens (primary N) is 1. The van der Waals surface area contributed by atoms with Crippen LogP contribution >= 0.6 is 11.6 Å². The molecule has 0 aliphatic carbocycles. The zero-order valence-corrected chi connectivity index (χ0v) is 9.07. The van der Waals surface area contributed by atoms with Crippen LogP contribution in [0.1, 0.15) is 0 Å². The monoisotopic (exact) mass is 236 g/mol. The second kappa shape index (κ2) is 3.98. The maximum Gasteiger partial charge on any atom is 0.237 e. The minimum Gasteiger partial charge on any atom is -0.368 e. The van der Waals surface area contributed by atoms with Gasteiger partial charge in [-0.1, -0.05) is 11.6 Å². The van der Waals surface area contributed by atoms with Gasteiger partial charge in [0.15, 0.2) is 5.43 Å². The lowest BCUT2D eigenvalue weighted by atomic mass is 10.2. The Morgan fingerprint density at radius 3 is 2.81 bits per heavy atom. The molecule has 0 aliphatic rings. The lowest BCUT2D eigenvalue weighted by Gasteiger charge is -2.08. The van der Waals surface area contributed by atoms with Crippen molar-refractivity contribution >= 4 is 28.4 Å². The van der Waals surface area contributed by atoms with Gasteiger partial charge in [-0.2, -0.15) is 0 Å². The molecule has 0 fully saturated rings. The van der Waals surface area contributed by atoms with Gasteiger partial charge in [0.25, 0.3) is 0 Å². The standard InChI is InChI=1S/C11H9ClN2O2/c12-7-1-2-8-9(5-7)14(6-11(13)16)4-3-10(8)15/h1-5H,6H2,(H2,13,16). The first-order chi connectivity index (χ1) is 7.58. The van der Waals surface area contributed by atoms with Gasteiger partial charge in [-0.15, -0.1) is 0 Å². The van der Waals surface area contributed by atoms with Gasteiger partial charge in [0, 0.05) is 22.7 Å². The summed E-state index contributed by atoms with van der Waals surface area (Å²) in [6.07, 6.45) is 1.53. The van der Waals surface area contributed by atoms with Crippen LogP contribution in [0.4, 0.5) is 0 Å². The Morgan fingerprint density at radius 1 is 1.38 bits per heavy atom. The largest absolute Gasteiger partial charge is 0.368 e. The molecule has 1 amide bonds. The number of primary amides is 1. The number of rotatable bonds is 2. The third-order valence-electron chi connectivity index (χ3n) is 2.27. The molecule has 0 aliphatic heterocycles. The summed E-state index contributed by atoms with van der Waals surface area (Å²) in [6.45, 7) is 0.0249. The highest BCUT2D eigenvalue weighted by atomic mass is 35.5. The maximum absolute atomic E-state index is 11.6. The third-order valence-corrected chi connectivity index (χ3v) is 2.50. The number of halogens is 1. The number of hydrogen-bond acceptors (Lipinski definition) is 2. The summed E-state index contributed by atoms with van der Waals surface area (Å²) in [4.78, 5) is 22.4. The van der Waals surface area contributed by atoms with E-state index in [1.807, 2.05) is 0 Å². The normalized spacial score (nSPS) is 10.6. The fourth-order valence-corrected chi connectivity index (χ4v) is 1.75. The van der Waals surface area contributed by atoms with E-state index in [9.17, 15) is 9.59 Å². The van der Waals surface area contributed by atoms with Crippen LogP contribution in [0.15, 0.2) is 35.3 Å². The van der Waals surface area contributed by atoms with E-state index >= 15 is 0 Å². The van der Waals surface area contributed by atoms with Gasteiger partial charge in [0.2, 0.25) is 5.91 Å². The van der Waals surface area contributed by atoms with Crippen molar-refractivity contribution in [1.82, 2.24) is 4.57 Å². The van der Waals surface area contributed by atoms with Crippen LogP contribution < -0.4 is 11.2 Å². The van der Waals surface area contributed by atoms with Crippen molar-refractivity contribution in [2.75, 3.05) is 0 Å². The van der Waals surface area contributed by atoms with Gasteiger partial charge in [-0.3, -0.25) is 9.59 Å². The molecule has 2 rings (SSSR count). The summed E-state index contributed by atoms with van der Waals surface area (Å²) in [5, 5.41) is 1.03. The van der Waals surface area contributed by atoms with Crippen molar-refractivity contribution in [2.45, 2.75) is 6.54 Å². The molecule has 0 spiro atoms. The zero-order chi connectivity index (χ0) is 11.7. The Labute approximate surface area is 96.2 Å². The van der Waals surface area contributed by atoms with Crippen molar-refractivity contribution in [3.05, 3.63) is 45.7 Å². The van der Waals surface area contributed by atoms with Crippen LogP contribution in [-0.2, 0) is 11.3 Å². The van der Waals surface area contributed by atoms with E-state index in [1.165, 1.54) is 12.3 Å². The molecule has 1 heterocycles. The molecule has 0 atom stereocenters. The van der Waals surface area contributed by atoms with Crippen LogP contribution in [0.25, 0.3) is 10.9 Å². The number of pyridine rings is 1. The average molecular weight is 237 g/mol. The lowest BCUT2D eigenvalue weighted by Crippen LogP contribution is -2.20. The number of hydrogen-bond donors (Lipinski definition) is 1. The minimum absolute atomic E-state index is 0.0249. The third kappa shape index (κ3) is 1.92. The highest BCUT2D eigenvalue weighted by Crippen LogP contribution is 2.16. The predicted molar refractivity (Wildman–Crippen MR) is 62.4 cm³/mol. The molecular formula is C11H9ClN2O2. The molecule has 1 aromatic heterocycles. The topological polar surface area (TPSA) is 65.1 Å². The molecule has 0 unspecified atom stereocenters. The first kappa shape index (κ1) is 10.7. The summed E-state index contributed by atoms with van der Waals surface area (Å²) < 4.78 is 1.60. The van der Waals surface area contributed by atoms with Crippen LogP contribution in [0.5, 0.6) is 0 Å². The van der Waals surface area contributed by atoms with Gasteiger partial charge in [-0.25, -0.2) is 0 Å². The predicted octanol–water partition coefficient (Wildman–Crippen LogP) is 1.14. The van der Waals surface area contributed by atoms with E-state index in [1.54, 1.807) is 22.8 Å². The number of nitrogens with zero attached hydrogens (tertiary/aromatic N) is 1. The molecule has 82 valence electrons. The van der Waals surface area contributed by atoms with E-state index in [2.05, 4.69) is 0 Å². The number of carbonyl (C=O) groups is 1. The summed E-state index contributed by atoms with van der Waals surface area (Å²) in [7, 11) is 0. The smallest absolute Gasteiger partial charge is 0.237 e. The van der Waals surface area contributed by atoms with E-state index in [0.717, 1.165) is 0 Å². The summed E-state index contributed by atoms with van der Waals surface area (Å²) in [5.41, 5.74) is 5.63. The Balaban J connectivity index is 2.75. The molecule has 16 heavy (non-hydrogen) atoms. The highest BCUT2D eigenvalue weighted by molar-refractivity contribution is 6.31. The van der Waals surface area contributed by atoms with Gasteiger partial charge >= 0.3 is 0 Å². The first-order valence-electron chi connectivity index (χ1n) is 4.65. The van der Waals surface area contributed by atoms with E-state index < -0.39 is 5.91 Å². The summed E-state index contributed by atoms with van der Waals surface area (Å²) >= 11 is 5.85. The second-order valence-corrected chi connectivity index (χ2v) is 3.87. The van der Waals surface area contributed by atoms with Gasteiger partial charge in [0.05, 0.1) is 5.52 Å². The summed E-state index contributed by atoms with van der Waals surface area (Å²) in [5.74, 6) is -0.468. The molecule has 5 heteroatoms. The lowest BCUT2D eigenvalue weighted by molar-refractivity contribution is -0.118. The fourth-order valence-electron chi connectivity index (χ4n) is 1.58. The van der Waals surface area contributed by atoms with Gasteiger partial charge < -0.3 is 10.3 Å². The van der Waals surface area contributed by atoms with E-state index in [4.69, 9.17) is 17.3 Å². The summed E-state index contributed by atoms with van der Waals surface area (Å²) in [6, 6.07) is 6.32. The van der Waals surface area contributed by atoms with Crippen molar-refractivity contribution in [2.24, 2.45) is 5.73 Å². The Hall–Kier alpha value is -1.81. The van der Waals surface area contributed by atoms with Crippen LogP contribution in [0.2, 0.25) is 5.02 Å². The van der Waals surface area contributed by atoms with Crippen LogP contribution in [0, 0.1) is 0 Å². The number of carbonyl (C=O) groups excluding carboxylic acids is 1. The first-order valence-corrected chi connectivity index (χ1v) is 5.03. The van der Waals surface area contributed by atoms with E-state index in [0.29, 0.717) is 15.9 Å². The van der Waals surface area contributed by atoms with Crippen molar-refractivity contribution in [3.8, 4) is 0 Å². The molecular weight excluding hydrogens is 228 g/mol. The average Bonchev–Trinajstić information content (AvgIpc) is 2.22. The van der Waals surface area contributed by atoms with Crippen LogP contribution in [-0.4, -0.2) is 10.5 Å². The van der Waals surface area contributed by atoms with Gasteiger partial charge in [0.1, 0.15) is 6.54 Å². The SMILES string of the molecule is NC(=O)Cn1ccc(=O)c2ccc(Cl)cc21. The number of aromatic nitrogens is 1. The number of benzene rings is 1. The van der Waals surface area contributed by atoms with E-state index in [-0.39, 0.29) is 12.0 Å². The molecule has 2 aromatic rings. The Kier molecular flexibility index (Phi) is 2.66. The Bertz CT molecular complexity index is 619. The van der Waals surface area contributed by atoms with Crippen molar-refractivity contribution < 1.29 is 4.79 Å². The molecule has 0 saturated heterocycles. The van der Waals surface area contributed by atoms with Crippen molar-refractivity contribution in [1.29, 1.82) is 0 Å². The van der Waals surface area contributed by atoms with Crippen LogP contribution in [0.3, 0.4) is 0 Å². The second-order valence-electron chi connectivity index (χ2n) is 3.44. The number of amides is 1. The number of fused-ring (bicyclic) bond motifs is 1.